The molecule has 0 aliphatic rings. The van der Waals surface area contributed by atoms with Crippen LogP contribution >= 0.6 is 23.1 Å². The largest absolute Gasteiger partial charge is 0.486 e. The number of aromatic nitrogens is 4. The van der Waals surface area contributed by atoms with E-state index in [0.717, 1.165) is 27.4 Å². The standard InChI is InChI=1S/C20H17FN4OS2/c1-14-23-24-20(25(14)17-5-3-2-4-6-17)28-13-16-12-27-19(22-16)11-26-18-9-7-15(21)8-10-18/h2-10,12H,11,13H2,1H3. The van der Waals surface area contributed by atoms with Crippen LogP contribution in [0.3, 0.4) is 0 Å². The highest BCUT2D eigenvalue weighted by Crippen LogP contribution is 2.26. The Bertz CT molecular complexity index is 1050. The zero-order chi connectivity index (χ0) is 19.3. The quantitative estimate of drug-likeness (QED) is 0.398. The van der Waals surface area contributed by atoms with E-state index in [0.29, 0.717) is 18.1 Å². The van der Waals surface area contributed by atoms with E-state index >= 15 is 0 Å². The van der Waals surface area contributed by atoms with Crippen molar-refractivity contribution in [2.75, 3.05) is 0 Å². The fourth-order valence-corrected chi connectivity index (χ4v) is 4.31. The lowest BCUT2D eigenvalue weighted by Gasteiger charge is -2.07. The van der Waals surface area contributed by atoms with Gasteiger partial charge in [-0.1, -0.05) is 30.0 Å². The van der Waals surface area contributed by atoms with Crippen molar-refractivity contribution >= 4 is 23.1 Å². The van der Waals surface area contributed by atoms with Gasteiger partial charge in [0.1, 0.15) is 29.0 Å². The zero-order valence-corrected chi connectivity index (χ0v) is 16.7. The second-order valence-corrected chi connectivity index (χ2v) is 7.85. The second kappa shape index (κ2) is 8.53. The summed E-state index contributed by atoms with van der Waals surface area (Å²) in [6.45, 7) is 2.30. The third-order valence-corrected chi connectivity index (χ3v) is 5.77. The number of hydrogen-bond donors (Lipinski definition) is 0. The first kappa shape index (κ1) is 18.6. The van der Waals surface area contributed by atoms with Gasteiger partial charge in [-0.25, -0.2) is 9.37 Å². The SMILES string of the molecule is Cc1nnc(SCc2csc(COc3ccc(F)cc3)n2)n1-c1ccccc1. The molecule has 2 aromatic heterocycles. The average Bonchev–Trinajstić information content (AvgIpc) is 3.33. The van der Waals surface area contributed by atoms with Crippen LogP contribution in [0.2, 0.25) is 0 Å². The second-order valence-electron chi connectivity index (χ2n) is 5.96. The van der Waals surface area contributed by atoms with Gasteiger partial charge in [-0.15, -0.1) is 21.5 Å². The van der Waals surface area contributed by atoms with Gasteiger partial charge in [0.15, 0.2) is 5.16 Å². The fourth-order valence-electron chi connectivity index (χ4n) is 2.61. The van der Waals surface area contributed by atoms with E-state index in [-0.39, 0.29) is 5.82 Å². The summed E-state index contributed by atoms with van der Waals surface area (Å²) in [6, 6.07) is 16.0. The van der Waals surface area contributed by atoms with Crippen molar-refractivity contribution in [2.24, 2.45) is 0 Å². The van der Waals surface area contributed by atoms with Crippen molar-refractivity contribution < 1.29 is 9.13 Å². The normalized spacial score (nSPS) is 10.9. The average molecular weight is 413 g/mol. The van der Waals surface area contributed by atoms with E-state index < -0.39 is 0 Å². The molecule has 0 unspecified atom stereocenters. The van der Waals surface area contributed by atoms with Gasteiger partial charge in [0.05, 0.1) is 5.69 Å². The Labute approximate surface area is 170 Å². The molecule has 0 spiro atoms. The van der Waals surface area contributed by atoms with E-state index in [1.165, 1.54) is 12.1 Å². The first-order valence-electron chi connectivity index (χ1n) is 8.61. The topological polar surface area (TPSA) is 52.8 Å². The predicted molar refractivity (Wildman–Crippen MR) is 109 cm³/mol. The summed E-state index contributed by atoms with van der Waals surface area (Å²) in [5.41, 5.74) is 2.01. The molecule has 0 aliphatic heterocycles. The third-order valence-electron chi connectivity index (χ3n) is 3.93. The van der Waals surface area contributed by atoms with Gasteiger partial charge in [-0.2, -0.15) is 0 Å². The molecule has 4 rings (SSSR count). The van der Waals surface area contributed by atoms with Crippen LogP contribution in [0.1, 0.15) is 16.5 Å². The van der Waals surface area contributed by atoms with Crippen molar-refractivity contribution in [1.29, 1.82) is 0 Å². The first-order valence-corrected chi connectivity index (χ1v) is 10.5. The van der Waals surface area contributed by atoms with Crippen molar-refractivity contribution in [2.45, 2.75) is 24.4 Å². The van der Waals surface area contributed by atoms with Crippen LogP contribution in [0.15, 0.2) is 65.1 Å². The minimum absolute atomic E-state index is 0.278. The van der Waals surface area contributed by atoms with Crippen LogP contribution < -0.4 is 4.74 Å². The summed E-state index contributed by atoms with van der Waals surface area (Å²) < 4.78 is 20.6. The van der Waals surface area contributed by atoms with Crippen LogP contribution in [0.5, 0.6) is 5.75 Å². The Hall–Kier alpha value is -2.71. The number of para-hydroxylation sites is 1. The van der Waals surface area contributed by atoms with Crippen LogP contribution in [0.25, 0.3) is 5.69 Å². The van der Waals surface area contributed by atoms with Gasteiger partial charge in [-0.3, -0.25) is 4.57 Å². The maximum absolute atomic E-state index is 12.9. The van der Waals surface area contributed by atoms with Crippen LogP contribution in [0.4, 0.5) is 4.39 Å². The van der Waals surface area contributed by atoms with Gasteiger partial charge in [0.25, 0.3) is 0 Å². The van der Waals surface area contributed by atoms with Crippen molar-refractivity contribution in [3.63, 3.8) is 0 Å². The number of halogens is 1. The Morgan fingerprint density at radius 1 is 1.07 bits per heavy atom. The molecule has 142 valence electrons. The molecule has 2 heterocycles. The number of aryl methyl sites for hydroxylation is 1. The minimum Gasteiger partial charge on any atom is -0.486 e. The van der Waals surface area contributed by atoms with Crippen LogP contribution in [-0.4, -0.2) is 19.7 Å². The summed E-state index contributed by atoms with van der Waals surface area (Å²) in [5, 5.41) is 12.2. The summed E-state index contributed by atoms with van der Waals surface area (Å²) in [6.07, 6.45) is 0. The van der Waals surface area contributed by atoms with Crippen LogP contribution in [-0.2, 0) is 12.4 Å². The molecule has 0 atom stereocenters. The molecule has 0 amide bonds. The Morgan fingerprint density at radius 2 is 1.86 bits per heavy atom. The molecule has 0 radical (unpaired) electrons. The Morgan fingerprint density at radius 3 is 2.64 bits per heavy atom. The molecule has 5 nitrogen and oxygen atoms in total. The van der Waals surface area contributed by atoms with Gasteiger partial charge < -0.3 is 4.74 Å². The van der Waals surface area contributed by atoms with E-state index in [4.69, 9.17) is 4.74 Å². The number of thioether (sulfide) groups is 1. The summed E-state index contributed by atoms with van der Waals surface area (Å²) in [7, 11) is 0. The predicted octanol–water partition coefficient (Wildman–Crippen LogP) is 5.04. The number of ether oxygens (including phenoxy) is 1. The smallest absolute Gasteiger partial charge is 0.196 e. The highest BCUT2D eigenvalue weighted by atomic mass is 32.2. The number of nitrogens with zero attached hydrogens (tertiary/aromatic N) is 4. The molecule has 0 saturated carbocycles. The lowest BCUT2D eigenvalue weighted by Crippen LogP contribution is -1.99. The Kier molecular flexibility index (Phi) is 5.68. The molecule has 28 heavy (non-hydrogen) atoms. The molecular weight excluding hydrogens is 395 g/mol. The number of hydrogen-bond acceptors (Lipinski definition) is 6. The molecule has 0 fully saturated rings. The van der Waals surface area contributed by atoms with Gasteiger partial charge in [-0.05, 0) is 43.3 Å². The number of thiazole rings is 1. The van der Waals surface area contributed by atoms with Gasteiger partial charge in [0, 0.05) is 16.8 Å². The third kappa shape index (κ3) is 4.40. The fraction of sp³-hybridized carbons (Fsp3) is 0.150. The molecule has 8 heteroatoms. The molecule has 0 saturated heterocycles. The Balaban J connectivity index is 1.38. The summed E-state index contributed by atoms with van der Waals surface area (Å²) >= 11 is 3.14. The highest BCUT2D eigenvalue weighted by molar-refractivity contribution is 7.98. The monoisotopic (exact) mass is 412 g/mol. The molecule has 0 bridgehead atoms. The zero-order valence-electron chi connectivity index (χ0n) is 15.1. The molecular formula is C20H17FN4OS2. The van der Waals surface area contributed by atoms with E-state index in [9.17, 15) is 4.39 Å². The molecule has 0 aliphatic carbocycles. The first-order chi connectivity index (χ1) is 13.7. The highest BCUT2D eigenvalue weighted by Gasteiger charge is 2.12. The van der Waals surface area contributed by atoms with E-state index in [2.05, 4.69) is 15.2 Å². The summed E-state index contributed by atoms with van der Waals surface area (Å²) in [5.74, 6) is 1.89. The van der Waals surface area contributed by atoms with Gasteiger partial charge >= 0.3 is 0 Å². The van der Waals surface area contributed by atoms with E-state index in [1.807, 2.05) is 47.2 Å². The molecule has 0 N–H and O–H groups in total. The van der Waals surface area contributed by atoms with Crippen molar-refractivity contribution in [3.05, 3.63) is 82.3 Å². The maximum Gasteiger partial charge on any atom is 0.196 e. The molecule has 2 aromatic carbocycles. The molecule has 4 aromatic rings. The number of benzene rings is 2. The van der Waals surface area contributed by atoms with Crippen molar-refractivity contribution in [1.82, 2.24) is 19.7 Å². The van der Waals surface area contributed by atoms with Crippen molar-refractivity contribution in [3.8, 4) is 11.4 Å². The van der Waals surface area contributed by atoms with E-state index in [1.54, 1.807) is 35.2 Å². The maximum atomic E-state index is 12.9. The lowest BCUT2D eigenvalue weighted by atomic mass is 10.3. The summed E-state index contributed by atoms with van der Waals surface area (Å²) in [4.78, 5) is 4.61. The van der Waals surface area contributed by atoms with Gasteiger partial charge in [0.2, 0.25) is 0 Å². The van der Waals surface area contributed by atoms with Crippen LogP contribution in [0, 0.1) is 12.7 Å². The minimum atomic E-state index is -0.278. The number of rotatable bonds is 7. The lowest BCUT2D eigenvalue weighted by molar-refractivity contribution is 0.305.